The van der Waals surface area contributed by atoms with Crippen LogP contribution in [0.5, 0.6) is 0 Å². The number of carbonyl (C=O) groups excluding carboxylic acids is 1. The molecule has 0 aliphatic carbocycles. The molecule has 0 aromatic heterocycles. The number of aryl methyl sites for hydroxylation is 1. The van der Waals surface area contributed by atoms with Gasteiger partial charge in [0.2, 0.25) is 5.91 Å². The van der Waals surface area contributed by atoms with Gasteiger partial charge in [-0.3, -0.25) is 9.59 Å². The van der Waals surface area contributed by atoms with Gasteiger partial charge in [-0.05, 0) is 38.3 Å². The zero-order chi connectivity index (χ0) is 15.3. The summed E-state index contributed by atoms with van der Waals surface area (Å²) in [5.41, 5.74) is 1.49. The van der Waals surface area contributed by atoms with Gasteiger partial charge in [-0.15, -0.1) is 0 Å². The maximum absolute atomic E-state index is 12.6. The number of likely N-dealkylation sites (N-methyl/N-ethyl adjacent to an activating group) is 1. The Bertz CT molecular complexity index is 494. The molecule has 1 amide bonds. The summed E-state index contributed by atoms with van der Waals surface area (Å²) in [6, 6.07) is 7.85. The number of amides is 1. The maximum atomic E-state index is 12.6. The van der Waals surface area contributed by atoms with E-state index in [4.69, 9.17) is 5.11 Å². The molecule has 4 nitrogen and oxygen atoms in total. The molecule has 0 spiro atoms. The van der Waals surface area contributed by atoms with Crippen LogP contribution in [0.1, 0.15) is 37.8 Å². The van der Waals surface area contributed by atoms with Gasteiger partial charge in [0.1, 0.15) is 0 Å². The third kappa shape index (κ3) is 3.83. The monoisotopic (exact) mass is 277 g/mol. The third-order valence-corrected chi connectivity index (χ3v) is 3.58. The van der Waals surface area contributed by atoms with Crippen LogP contribution in [0.15, 0.2) is 24.3 Å². The van der Waals surface area contributed by atoms with Gasteiger partial charge < -0.3 is 10.0 Å². The fraction of sp³-hybridized carbons (Fsp3) is 0.500. The Balaban J connectivity index is 2.79. The summed E-state index contributed by atoms with van der Waals surface area (Å²) < 4.78 is 0. The highest BCUT2D eigenvalue weighted by Gasteiger charge is 2.33. The first kappa shape index (κ1) is 16.2. The van der Waals surface area contributed by atoms with Crippen LogP contribution in [-0.2, 0) is 15.0 Å². The first-order chi connectivity index (χ1) is 9.26. The van der Waals surface area contributed by atoms with E-state index in [1.165, 1.54) is 0 Å². The lowest BCUT2D eigenvalue weighted by atomic mass is 9.81. The number of hydrogen-bond donors (Lipinski definition) is 1. The Kier molecular flexibility index (Phi) is 5.31. The SMILES string of the molecule is Cc1ccccc1C(C)(C)C(=O)N(C)CCCC(=O)O. The minimum absolute atomic E-state index is 0.0113. The smallest absolute Gasteiger partial charge is 0.303 e. The molecule has 0 saturated heterocycles. The molecule has 0 aliphatic heterocycles. The van der Waals surface area contributed by atoms with E-state index in [0.717, 1.165) is 11.1 Å². The molecule has 0 aliphatic rings. The molecule has 0 unspecified atom stereocenters. The highest BCUT2D eigenvalue weighted by Crippen LogP contribution is 2.28. The minimum Gasteiger partial charge on any atom is -0.481 e. The van der Waals surface area contributed by atoms with Crippen molar-refractivity contribution in [2.24, 2.45) is 0 Å². The van der Waals surface area contributed by atoms with E-state index in [2.05, 4.69) is 0 Å². The fourth-order valence-corrected chi connectivity index (χ4v) is 2.44. The normalized spacial score (nSPS) is 11.2. The molecule has 0 atom stereocenters. The number of nitrogens with zero attached hydrogens (tertiary/aromatic N) is 1. The predicted octanol–water partition coefficient (Wildman–Crippen LogP) is 2.60. The highest BCUT2D eigenvalue weighted by atomic mass is 16.4. The lowest BCUT2D eigenvalue weighted by molar-refractivity contribution is -0.139. The van der Waals surface area contributed by atoms with Gasteiger partial charge >= 0.3 is 5.97 Å². The van der Waals surface area contributed by atoms with Gasteiger partial charge in [0.15, 0.2) is 0 Å². The Morgan fingerprint density at radius 1 is 1.25 bits per heavy atom. The van der Waals surface area contributed by atoms with Crippen molar-refractivity contribution >= 4 is 11.9 Å². The molecule has 20 heavy (non-hydrogen) atoms. The first-order valence-corrected chi connectivity index (χ1v) is 6.80. The maximum Gasteiger partial charge on any atom is 0.303 e. The molecule has 0 radical (unpaired) electrons. The minimum atomic E-state index is -0.830. The van der Waals surface area contributed by atoms with Gasteiger partial charge in [-0.1, -0.05) is 24.3 Å². The first-order valence-electron chi connectivity index (χ1n) is 6.80. The summed E-state index contributed by atoms with van der Waals surface area (Å²) in [5, 5.41) is 8.64. The van der Waals surface area contributed by atoms with Gasteiger partial charge in [0.25, 0.3) is 0 Å². The van der Waals surface area contributed by atoms with E-state index >= 15 is 0 Å². The van der Waals surface area contributed by atoms with E-state index in [1.807, 2.05) is 45.0 Å². The van der Waals surface area contributed by atoms with Gasteiger partial charge in [0.05, 0.1) is 5.41 Å². The Labute approximate surface area is 120 Å². The van der Waals surface area contributed by atoms with Crippen molar-refractivity contribution in [1.82, 2.24) is 4.90 Å². The molecule has 0 saturated carbocycles. The lowest BCUT2D eigenvalue weighted by Crippen LogP contribution is -2.42. The zero-order valence-corrected chi connectivity index (χ0v) is 12.6. The van der Waals surface area contributed by atoms with Crippen molar-refractivity contribution in [2.45, 2.75) is 39.0 Å². The van der Waals surface area contributed by atoms with Crippen molar-refractivity contribution < 1.29 is 14.7 Å². The Morgan fingerprint density at radius 2 is 1.85 bits per heavy atom. The predicted molar refractivity (Wildman–Crippen MR) is 78.7 cm³/mol. The van der Waals surface area contributed by atoms with Crippen molar-refractivity contribution in [3.8, 4) is 0 Å². The molecular weight excluding hydrogens is 254 g/mol. The zero-order valence-electron chi connectivity index (χ0n) is 12.6. The van der Waals surface area contributed by atoms with Crippen LogP contribution >= 0.6 is 0 Å². The summed E-state index contributed by atoms with van der Waals surface area (Å²) in [6.45, 7) is 6.27. The summed E-state index contributed by atoms with van der Waals surface area (Å²) in [6.07, 6.45) is 0.559. The van der Waals surface area contributed by atoms with Crippen LogP contribution in [0.4, 0.5) is 0 Å². The summed E-state index contributed by atoms with van der Waals surface area (Å²) >= 11 is 0. The summed E-state index contributed by atoms with van der Waals surface area (Å²) in [4.78, 5) is 24.7. The number of carboxylic acids is 1. The molecule has 0 heterocycles. The number of aliphatic carboxylic acids is 1. The third-order valence-electron chi connectivity index (χ3n) is 3.58. The molecule has 0 fully saturated rings. The molecule has 110 valence electrons. The van der Waals surface area contributed by atoms with E-state index < -0.39 is 11.4 Å². The second-order valence-electron chi connectivity index (χ2n) is 5.66. The largest absolute Gasteiger partial charge is 0.481 e. The Hall–Kier alpha value is -1.84. The second-order valence-corrected chi connectivity index (χ2v) is 5.66. The Morgan fingerprint density at radius 3 is 2.40 bits per heavy atom. The van der Waals surface area contributed by atoms with Crippen LogP contribution in [0, 0.1) is 6.92 Å². The van der Waals surface area contributed by atoms with E-state index in [1.54, 1.807) is 11.9 Å². The van der Waals surface area contributed by atoms with Crippen LogP contribution in [0.2, 0.25) is 0 Å². The molecule has 1 aromatic rings. The molecule has 1 aromatic carbocycles. The van der Waals surface area contributed by atoms with Crippen molar-refractivity contribution in [3.63, 3.8) is 0 Å². The van der Waals surface area contributed by atoms with Crippen LogP contribution < -0.4 is 0 Å². The fourth-order valence-electron chi connectivity index (χ4n) is 2.44. The van der Waals surface area contributed by atoms with Crippen molar-refractivity contribution in [2.75, 3.05) is 13.6 Å². The average Bonchev–Trinajstić information content (AvgIpc) is 2.37. The average molecular weight is 277 g/mol. The van der Waals surface area contributed by atoms with E-state index in [0.29, 0.717) is 13.0 Å². The number of hydrogen-bond acceptors (Lipinski definition) is 2. The number of rotatable bonds is 6. The van der Waals surface area contributed by atoms with Gasteiger partial charge in [0, 0.05) is 20.0 Å². The molecule has 4 heteroatoms. The number of carboxylic acid groups (broad SMARTS) is 1. The molecule has 0 bridgehead atoms. The number of carbonyl (C=O) groups is 2. The van der Waals surface area contributed by atoms with Crippen LogP contribution in [0.3, 0.4) is 0 Å². The van der Waals surface area contributed by atoms with E-state index in [-0.39, 0.29) is 12.3 Å². The lowest BCUT2D eigenvalue weighted by Gasteiger charge is -2.31. The van der Waals surface area contributed by atoms with Gasteiger partial charge in [-0.25, -0.2) is 0 Å². The quantitative estimate of drug-likeness (QED) is 0.869. The summed E-state index contributed by atoms with van der Waals surface area (Å²) in [5.74, 6) is -0.818. The van der Waals surface area contributed by atoms with Crippen LogP contribution in [-0.4, -0.2) is 35.5 Å². The number of benzene rings is 1. The van der Waals surface area contributed by atoms with Gasteiger partial charge in [-0.2, -0.15) is 0 Å². The highest BCUT2D eigenvalue weighted by molar-refractivity contribution is 5.87. The van der Waals surface area contributed by atoms with Crippen LogP contribution in [0.25, 0.3) is 0 Å². The van der Waals surface area contributed by atoms with Crippen molar-refractivity contribution in [3.05, 3.63) is 35.4 Å². The topological polar surface area (TPSA) is 57.6 Å². The van der Waals surface area contributed by atoms with E-state index in [9.17, 15) is 9.59 Å². The summed E-state index contributed by atoms with van der Waals surface area (Å²) in [7, 11) is 1.73. The second kappa shape index (κ2) is 6.55. The molecule has 1 rings (SSSR count). The molecule has 1 N–H and O–H groups in total. The van der Waals surface area contributed by atoms with Crippen molar-refractivity contribution in [1.29, 1.82) is 0 Å². The molecular formula is C16H23NO3. The standard InChI is InChI=1S/C16H23NO3/c1-12-8-5-6-9-13(12)16(2,3)15(20)17(4)11-7-10-14(18)19/h5-6,8-9H,7,10-11H2,1-4H3,(H,18,19).